The summed E-state index contributed by atoms with van der Waals surface area (Å²) in [6, 6.07) is 14.3. The molecule has 2 aromatic heterocycles. The van der Waals surface area contributed by atoms with Crippen molar-refractivity contribution in [3.05, 3.63) is 88.7 Å². The van der Waals surface area contributed by atoms with Crippen LogP contribution in [-0.2, 0) is 0 Å². The first kappa shape index (κ1) is 18.0. The quantitative estimate of drug-likeness (QED) is 0.539. The highest BCUT2D eigenvalue weighted by Crippen LogP contribution is 2.45. The minimum absolute atomic E-state index is 0.0718. The molecule has 1 fully saturated rings. The maximum atomic E-state index is 13.4. The number of benzene rings is 1. The number of fused-ring (bicyclic) bond motifs is 1. The van der Waals surface area contributed by atoms with Gasteiger partial charge in [-0.25, -0.2) is 5.01 Å². The number of halogens is 1. The second-order valence-electron chi connectivity index (χ2n) is 7.26. The number of carbonyl (C=O) groups excluding carboxylic acids is 1. The van der Waals surface area contributed by atoms with E-state index in [0.29, 0.717) is 10.6 Å². The number of allylic oxidation sites excluding steroid dienone is 1. The second kappa shape index (κ2) is 7.41. The number of hydrogen-bond donors (Lipinski definition) is 0. The van der Waals surface area contributed by atoms with Gasteiger partial charge in [0.1, 0.15) is 17.6 Å². The van der Waals surface area contributed by atoms with Crippen molar-refractivity contribution in [1.82, 2.24) is 5.01 Å². The minimum Gasteiger partial charge on any atom is -0.467 e. The van der Waals surface area contributed by atoms with Gasteiger partial charge in [0.2, 0.25) is 0 Å². The van der Waals surface area contributed by atoms with E-state index in [2.05, 4.69) is 0 Å². The minimum atomic E-state index is -0.288. The highest BCUT2D eigenvalue weighted by Gasteiger charge is 2.45. The summed E-state index contributed by atoms with van der Waals surface area (Å²) in [5.41, 5.74) is 2.46. The molecule has 146 valence electrons. The van der Waals surface area contributed by atoms with Crippen LogP contribution >= 0.6 is 11.6 Å². The Bertz CT molecular complexity index is 1080. The molecule has 1 aliphatic carbocycles. The van der Waals surface area contributed by atoms with Gasteiger partial charge < -0.3 is 8.83 Å². The third kappa shape index (κ3) is 3.21. The molecule has 29 heavy (non-hydrogen) atoms. The smallest absolute Gasteiger partial charge is 0.276 e. The zero-order chi connectivity index (χ0) is 19.8. The van der Waals surface area contributed by atoms with E-state index in [9.17, 15) is 4.79 Å². The number of hydrogen-bond acceptors (Lipinski definition) is 4. The summed E-state index contributed by atoms with van der Waals surface area (Å²) in [5, 5.41) is 6.76. The van der Waals surface area contributed by atoms with E-state index >= 15 is 0 Å². The number of rotatable bonds is 3. The van der Waals surface area contributed by atoms with Crippen molar-refractivity contribution in [1.29, 1.82) is 0 Å². The Morgan fingerprint density at radius 2 is 1.93 bits per heavy atom. The van der Waals surface area contributed by atoms with Gasteiger partial charge in [0, 0.05) is 5.92 Å². The van der Waals surface area contributed by atoms with Crippen LogP contribution in [0.15, 0.2) is 80.6 Å². The monoisotopic (exact) mass is 406 g/mol. The maximum absolute atomic E-state index is 13.4. The Morgan fingerprint density at radius 3 is 2.69 bits per heavy atom. The largest absolute Gasteiger partial charge is 0.467 e. The summed E-state index contributed by atoms with van der Waals surface area (Å²) in [6.07, 6.45) is 8.16. The number of furan rings is 2. The second-order valence-corrected chi connectivity index (χ2v) is 7.67. The molecule has 0 bridgehead atoms. The molecule has 0 unspecified atom stereocenters. The van der Waals surface area contributed by atoms with E-state index in [-0.39, 0.29) is 17.9 Å². The van der Waals surface area contributed by atoms with E-state index in [4.69, 9.17) is 25.5 Å². The molecule has 6 heteroatoms. The summed E-state index contributed by atoms with van der Waals surface area (Å²) >= 11 is 6.30. The van der Waals surface area contributed by atoms with Crippen LogP contribution in [0.4, 0.5) is 0 Å². The van der Waals surface area contributed by atoms with Gasteiger partial charge in [0.25, 0.3) is 5.91 Å². The van der Waals surface area contributed by atoms with Crippen molar-refractivity contribution >= 4 is 29.3 Å². The normalized spacial score (nSPS) is 22.6. The van der Waals surface area contributed by atoms with Gasteiger partial charge in [-0.1, -0.05) is 23.7 Å². The van der Waals surface area contributed by atoms with Gasteiger partial charge in [-0.3, -0.25) is 4.79 Å². The van der Waals surface area contributed by atoms with Crippen LogP contribution in [0.3, 0.4) is 0 Å². The SMILES string of the molecule is O=C(c1ccccc1Cl)N1N=C2/C(=C/c3ccco3)CCC[C@@H]2[C@H]1c1ccco1. The first-order valence-electron chi connectivity index (χ1n) is 9.67. The molecule has 0 spiro atoms. The zero-order valence-electron chi connectivity index (χ0n) is 15.6. The number of hydrazone groups is 1. The van der Waals surface area contributed by atoms with Crippen LogP contribution in [0.1, 0.15) is 47.2 Å². The Hall–Kier alpha value is -3.05. The van der Waals surface area contributed by atoms with Crippen molar-refractivity contribution in [2.75, 3.05) is 0 Å². The van der Waals surface area contributed by atoms with Gasteiger partial charge in [0.15, 0.2) is 0 Å². The highest BCUT2D eigenvalue weighted by molar-refractivity contribution is 6.33. The van der Waals surface area contributed by atoms with Gasteiger partial charge in [-0.15, -0.1) is 0 Å². The Labute approximate surface area is 173 Å². The fourth-order valence-electron chi connectivity index (χ4n) is 4.21. The van der Waals surface area contributed by atoms with E-state index in [1.807, 2.05) is 36.4 Å². The number of carbonyl (C=O) groups is 1. The number of amides is 1. The maximum Gasteiger partial charge on any atom is 0.276 e. The molecule has 3 heterocycles. The van der Waals surface area contributed by atoms with Gasteiger partial charge in [-0.2, -0.15) is 5.10 Å². The van der Waals surface area contributed by atoms with Crippen molar-refractivity contribution < 1.29 is 13.6 Å². The fourth-order valence-corrected chi connectivity index (χ4v) is 4.43. The molecular formula is C23H19ClN2O3. The summed E-state index contributed by atoms with van der Waals surface area (Å²) in [7, 11) is 0. The van der Waals surface area contributed by atoms with Gasteiger partial charge in [-0.05, 0) is 67.3 Å². The lowest BCUT2D eigenvalue weighted by atomic mass is 9.79. The average Bonchev–Trinajstić information content (AvgIpc) is 3.48. The molecule has 5 nitrogen and oxygen atoms in total. The van der Waals surface area contributed by atoms with Crippen molar-refractivity contribution in [2.45, 2.75) is 25.3 Å². The van der Waals surface area contributed by atoms with Crippen LogP contribution in [0.5, 0.6) is 0 Å². The third-order valence-electron chi connectivity index (χ3n) is 5.51. The van der Waals surface area contributed by atoms with Crippen LogP contribution in [0.25, 0.3) is 6.08 Å². The first-order valence-corrected chi connectivity index (χ1v) is 10.0. The molecule has 0 N–H and O–H groups in total. The molecule has 2 atom stereocenters. The van der Waals surface area contributed by atoms with Crippen LogP contribution in [0.2, 0.25) is 5.02 Å². The lowest BCUT2D eigenvalue weighted by Crippen LogP contribution is -2.31. The van der Waals surface area contributed by atoms with Crippen LogP contribution < -0.4 is 0 Å². The predicted octanol–water partition coefficient (Wildman–Crippen LogP) is 5.96. The predicted molar refractivity (Wildman–Crippen MR) is 111 cm³/mol. The lowest BCUT2D eigenvalue weighted by molar-refractivity contribution is 0.0656. The van der Waals surface area contributed by atoms with Crippen LogP contribution in [-0.4, -0.2) is 16.6 Å². The molecule has 0 radical (unpaired) electrons. The summed E-state index contributed by atoms with van der Waals surface area (Å²) in [5.74, 6) is 1.36. The van der Waals surface area contributed by atoms with Gasteiger partial charge >= 0.3 is 0 Å². The standard InChI is InChI=1S/C23H19ClN2O3/c24-19-10-2-1-8-17(19)23(27)26-22(20-11-5-13-29-20)18-9-3-6-15(21(18)25-26)14-16-7-4-12-28-16/h1-2,4-5,7-8,10-14,18,22H,3,6,9H2/b15-14+/t18-,22-/m0/s1. The van der Waals surface area contributed by atoms with E-state index in [1.54, 1.807) is 35.7 Å². The zero-order valence-corrected chi connectivity index (χ0v) is 16.4. The molecule has 1 aromatic carbocycles. The van der Waals surface area contributed by atoms with Crippen molar-refractivity contribution in [3.63, 3.8) is 0 Å². The molecular weight excluding hydrogens is 388 g/mol. The molecule has 1 aliphatic heterocycles. The summed E-state index contributed by atoms with van der Waals surface area (Å²) in [4.78, 5) is 13.4. The topological polar surface area (TPSA) is 59.0 Å². The summed E-state index contributed by atoms with van der Waals surface area (Å²) in [6.45, 7) is 0. The number of nitrogens with zero attached hydrogens (tertiary/aromatic N) is 2. The van der Waals surface area contributed by atoms with Crippen molar-refractivity contribution in [2.24, 2.45) is 11.0 Å². The fraction of sp³-hybridized carbons (Fsp3) is 0.217. The molecule has 5 rings (SSSR count). The molecule has 2 aliphatic rings. The van der Waals surface area contributed by atoms with Crippen molar-refractivity contribution in [3.8, 4) is 0 Å². The Balaban J connectivity index is 1.59. The first-order chi connectivity index (χ1) is 14.2. The third-order valence-corrected chi connectivity index (χ3v) is 5.84. The Morgan fingerprint density at radius 1 is 1.10 bits per heavy atom. The average molecular weight is 407 g/mol. The van der Waals surface area contributed by atoms with E-state index in [1.165, 1.54) is 0 Å². The molecule has 3 aromatic rings. The van der Waals surface area contributed by atoms with Crippen LogP contribution in [0, 0.1) is 5.92 Å². The lowest BCUT2D eigenvalue weighted by Gasteiger charge is -2.27. The Kier molecular flexibility index (Phi) is 4.60. The molecule has 1 amide bonds. The molecule has 1 saturated carbocycles. The van der Waals surface area contributed by atoms with Gasteiger partial charge in [0.05, 0.1) is 28.8 Å². The highest BCUT2D eigenvalue weighted by atomic mass is 35.5. The van der Waals surface area contributed by atoms with E-state index in [0.717, 1.165) is 42.1 Å². The van der Waals surface area contributed by atoms with E-state index < -0.39 is 0 Å². The summed E-state index contributed by atoms with van der Waals surface area (Å²) < 4.78 is 11.2. The molecule has 0 saturated heterocycles.